The van der Waals surface area contributed by atoms with E-state index >= 15 is 0 Å². The van der Waals surface area contributed by atoms with Gasteiger partial charge in [-0.05, 0) is 42.9 Å². The third-order valence-corrected chi connectivity index (χ3v) is 3.23. The van der Waals surface area contributed by atoms with Crippen molar-refractivity contribution in [1.29, 1.82) is 0 Å². The minimum Gasteiger partial charge on any atom is -0.271 e. The van der Waals surface area contributed by atoms with Crippen LogP contribution in [0.25, 0.3) is 0 Å². The largest absolute Gasteiger partial charge is 0.271 e. The Kier molecular flexibility index (Phi) is 3.91. The Bertz CT molecular complexity index is 336. The summed E-state index contributed by atoms with van der Waals surface area (Å²) in [6, 6.07) is 7.02. The first-order chi connectivity index (χ1) is 7.78. The summed E-state index contributed by atoms with van der Waals surface area (Å²) >= 11 is 0. The third-order valence-electron chi connectivity index (χ3n) is 3.23. The van der Waals surface area contributed by atoms with Crippen molar-refractivity contribution in [2.45, 2.75) is 38.1 Å². The molecule has 1 aromatic rings. The first-order valence-corrected chi connectivity index (χ1v) is 5.98. The highest BCUT2D eigenvalue weighted by molar-refractivity contribution is 5.17. The van der Waals surface area contributed by atoms with E-state index in [1.165, 1.54) is 25.3 Å². The monoisotopic (exact) mass is 222 g/mol. The van der Waals surface area contributed by atoms with Gasteiger partial charge in [0.1, 0.15) is 5.82 Å². The van der Waals surface area contributed by atoms with Crippen LogP contribution in [-0.4, -0.2) is 6.04 Å². The molecule has 1 fully saturated rings. The molecule has 3 N–H and O–H groups in total. The lowest BCUT2D eigenvalue weighted by Crippen LogP contribution is -2.36. The lowest BCUT2D eigenvalue weighted by molar-refractivity contribution is 0.461. The normalized spacial score (nSPS) is 17.4. The second-order valence-electron chi connectivity index (χ2n) is 4.72. The van der Waals surface area contributed by atoms with Gasteiger partial charge in [-0.25, -0.2) is 4.39 Å². The van der Waals surface area contributed by atoms with Gasteiger partial charge in [-0.15, -0.1) is 0 Å². The topological polar surface area (TPSA) is 38.0 Å². The van der Waals surface area contributed by atoms with Gasteiger partial charge in [-0.2, -0.15) is 0 Å². The molecule has 1 atom stereocenters. The maximum Gasteiger partial charge on any atom is 0.123 e. The maximum atomic E-state index is 13.0. The zero-order valence-electron chi connectivity index (χ0n) is 9.45. The van der Waals surface area contributed by atoms with E-state index in [9.17, 15) is 4.39 Å². The molecule has 0 heterocycles. The third kappa shape index (κ3) is 3.58. The number of rotatable bonds is 6. The summed E-state index contributed by atoms with van der Waals surface area (Å²) in [5, 5.41) is 0. The molecule has 0 aromatic heterocycles. The molecule has 1 unspecified atom stereocenters. The van der Waals surface area contributed by atoms with Gasteiger partial charge in [0.15, 0.2) is 0 Å². The van der Waals surface area contributed by atoms with Gasteiger partial charge in [-0.3, -0.25) is 11.3 Å². The lowest BCUT2D eigenvalue weighted by Gasteiger charge is -2.15. The Morgan fingerprint density at radius 3 is 2.88 bits per heavy atom. The molecule has 1 aliphatic rings. The molecule has 16 heavy (non-hydrogen) atoms. The number of hydrogen-bond acceptors (Lipinski definition) is 2. The van der Waals surface area contributed by atoms with Crippen LogP contribution in [0, 0.1) is 11.7 Å². The second-order valence-corrected chi connectivity index (χ2v) is 4.72. The molecule has 0 radical (unpaired) electrons. The summed E-state index contributed by atoms with van der Waals surface area (Å²) in [4.78, 5) is 0. The minimum atomic E-state index is -0.171. The van der Waals surface area contributed by atoms with Crippen LogP contribution in [0.4, 0.5) is 4.39 Å². The first-order valence-electron chi connectivity index (χ1n) is 5.98. The standard InChI is InChI=1S/C13H19FN2/c14-12-3-1-2-11(8-12)9-13(16-15)7-6-10-4-5-10/h1-3,8,10,13,16H,4-7,9,15H2. The summed E-state index contributed by atoms with van der Waals surface area (Å²) in [6.45, 7) is 0. The van der Waals surface area contributed by atoms with E-state index in [0.717, 1.165) is 24.3 Å². The van der Waals surface area contributed by atoms with Crippen molar-refractivity contribution in [3.05, 3.63) is 35.6 Å². The van der Waals surface area contributed by atoms with Crippen molar-refractivity contribution < 1.29 is 4.39 Å². The van der Waals surface area contributed by atoms with Gasteiger partial charge in [0, 0.05) is 6.04 Å². The molecule has 1 aliphatic carbocycles. The van der Waals surface area contributed by atoms with E-state index in [0.29, 0.717) is 0 Å². The Labute approximate surface area is 96.0 Å². The quantitative estimate of drug-likeness (QED) is 0.573. The van der Waals surface area contributed by atoms with Crippen LogP contribution in [0.5, 0.6) is 0 Å². The SMILES string of the molecule is NNC(CCC1CC1)Cc1cccc(F)c1. The summed E-state index contributed by atoms with van der Waals surface area (Å²) < 4.78 is 13.0. The van der Waals surface area contributed by atoms with Crippen molar-refractivity contribution in [3.8, 4) is 0 Å². The molecule has 1 aromatic carbocycles. The van der Waals surface area contributed by atoms with Crippen molar-refractivity contribution in [2.75, 3.05) is 0 Å². The fourth-order valence-corrected chi connectivity index (χ4v) is 2.04. The number of nitrogens with two attached hydrogens (primary N) is 1. The maximum absolute atomic E-state index is 13.0. The minimum absolute atomic E-state index is 0.171. The van der Waals surface area contributed by atoms with Crippen LogP contribution >= 0.6 is 0 Å². The molecular weight excluding hydrogens is 203 g/mol. The first kappa shape index (κ1) is 11.6. The highest BCUT2D eigenvalue weighted by Crippen LogP contribution is 2.34. The molecule has 0 saturated heterocycles. The number of hydrogen-bond donors (Lipinski definition) is 2. The molecule has 2 nitrogen and oxygen atoms in total. The van der Waals surface area contributed by atoms with E-state index in [1.54, 1.807) is 12.1 Å². The van der Waals surface area contributed by atoms with Crippen molar-refractivity contribution in [2.24, 2.45) is 11.8 Å². The summed E-state index contributed by atoms with van der Waals surface area (Å²) in [7, 11) is 0. The predicted molar refractivity (Wildman–Crippen MR) is 63.2 cm³/mol. The van der Waals surface area contributed by atoms with Crippen LogP contribution in [0.2, 0.25) is 0 Å². The van der Waals surface area contributed by atoms with Crippen LogP contribution in [0.3, 0.4) is 0 Å². The average Bonchev–Trinajstić information content (AvgIpc) is 3.08. The zero-order valence-corrected chi connectivity index (χ0v) is 9.45. The van der Waals surface area contributed by atoms with Gasteiger partial charge in [0.25, 0.3) is 0 Å². The van der Waals surface area contributed by atoms with Gasteiger partial charge in [-0.1, -0.05) is 25.0 Å². The number of hydrazine groups is 1. The Morgan fingerprint density at radius 2 is 2.25 bits per heavy atom. The van der Waals surface area contributed by atoms with E-state index in [1.807, 2.05) is 6.07 Å². The van der Waals surface area contributed by atoms with Crippen molar-refractivity contribution >= 4 is 0 Å². The molecule has 0 aliphatic heterocycles. The smallest absolute Gasteiger partial charge is 0.123 e. The summed E-state index contributed by atoms with van der Waals surface area (Å²) in [6.07, 6.45) is 5.87. The van der Waals surface area contributed by atoms with Crippen LogP contribution in [0.1, 0.15) is 31.2 Å². The van der Waals surface area contributed by atoms with Crippen LogP contribution < -0.4 is 11.3 Å². The Hall–Kier alpha value is -0.930. The fraction of sp³-hybridized carbons (Fsp3) is 0.538. The molecule has 1 saturated carbocycles. The lowest BCUT2D eigenvalue weighted by atomic mass is 10.0. The van der Waals surface area contributed by atoms with Crippen molar-refractivity contribution in [3.63, 3.8) is 0 Å². The zero-order chi connectivity index (χ0) is 11.4. The van der Waals surface area contributed by atoms with Gasteiger partial charge in [0.05, 0.1) is 0 Å². The predicted octanol–water partition coefficient (Wildman–Crippen LogP) is 2.39. The molecule has 3 heteroatoms. The van der Waals surface area contributed by atoms with Gasteiger partial charge in [0.2, 0.25) is 0 Å². The molecular formula is C13H19FN2. The summed E-state index contributed by atoms with van der Waals surface area (Å²) in [5.74, 6) is 6.27. The average molecular weight is 222 g/mol. The second kappa shape index (κ2) is 5.41. The van der Waals surface area contributed by atoms with E-state index in [-0.39, 0.29) is 11.9 Å². The number of benzene rings is 1. The Balaban J connectivity index is 1.84. The van der Waals surface area contributed by atoms with Crippen LogP contribution in [0.15, 0.2) is 24.3 Å². The fourth-order valence-electron chi connectivity index (χ4n) is 2.04. The van der Waals surface area contributed by atoms with E-state index in [4.69, 9.17) is 5.84 Å². The van der Waals surface area contributed by atoms with E-state index in [2.05, 4.69) is 5.43 Å². The highest BCUT2D eigenvalue weighted by atomic mass is 19.1. The molecule has 0 spiro atoms. The number of halogens is 1. The molecule has 0 bridgehead atoms. The number of nitrogens with one attached hydrogen (secondary N) is 1. The molecule has 0 amide bonds. The van der Waals surface area contributed by atoms with Gasteiger partial charge >= 0.3 is 0 Å². The highest BCUT2D eigenvalue weighted by Gasteiger charge is 2.22. The Morgan fingerprint density at radius 1 is 1.44 bits per heavy atom. The van der Waals surface area contributed by atoms with E-state index < -0.39 is 0 Å². The molecule has 88 valence electrons. The molecule has 2 rings (SSSR count). The van der Waals surface area contributed by atoms with Gasteiger partial charge < -0.3 is 0 Å². The summed E-state index contributed by atoms with van der Waals surface area (Å²) in [5.41, 5.74) is 3.84. The van der Waals surface area contributed by atoms with Crippen LogP contribution in [-0.2, 0) is 6.42 Å². The van der Waals surface area contributed by atoms with Crippen molar-refractivity contribution in [1.82, 2.24) is 5.43 Å².